The van der Waals surface area contributed by atoms with Gasteiger partial charge in [0.05, 0.1) is 9.79 Å². The zero-order valence-electron chi connectivity index (χ0n) is 9.33. The molecule has 0 heterocycles. The average molecular weight is 285 g/mol. The Balaban J connectivity index is 0.00000162. The lowest BCUT2D eigenvalue weighted by Crippen LogP contribution is -1.86. The Morgan fingerprint density at radius 1 is 0.778 bits per heavy atom. The lowest BCUT2D eigenvalue weighted by Gasteiger charge is -2.07. The minimum atomic E-state index is 0. The summed E-state index contributed by atoms with van der Waals surface area (Å²) in [5.41, 5.74) is 12.1. The molecule has 2 aromatic carbocycles. The molecule has 6 N–H and O–H groups in total. The molecule has 0 aliphatic carbocycles. The number of anilines is 2. The quantitative estimate of drug-likeness (QED) is 0.637. The molecule has 0 unspecified atom stereocenters. The van der Waals surface area contributed by atoms with Crippen molar-refractivity contribution in [3.8, 4) is 11.5 Å². The molecule has 0 saturated carbocycles. The van der Waals surface area contributed by atoms with Gasteiger partial charge in [0.2, 0.25) is 0 Å². The molecule has 0 saturated heterocycles. The van der Waals surface area contributed by atoms with Crippen LogP contribution in [0, 0.1) is 0 Å². The zero-order chi connectivity index (χ0) is 12.4. The van der Waals surface area contributed by atoms with Gasteiger partial charge in [0.25, 0.3) is 0 Å². The molecule has 6 heteroatoms. The van der Waals surface area contributed by atoms with Gasteiger partial charge >= 0.3 is 0 Å². The van der Waals surface area contributed by atoms with Crippen LogP contribution in [0.5, 0.6) is 11.5 Å². The van der Waals surface area contributed by atoms with Gasteiger partial charge in [-0.3, -0.25) is 0 Å². The first-order valence-corrected chi connectivity index (χ1v) is 5.73. The van der Waals surface area contributed by atoms with Crippen molar-refractivity contribution >= 4 is 35.5 Å². The van der Waals surface area contributed by atoms with Crippen LogP contribution in [0.2, 0.25) is 0 Å². The molecule has 0 aromatic heterocycles. The Morgan fingerprint density at radius 2 is 1.17 bits per heavy atom. The number of benzene rings is 2. The molecule has 4 nitrogen and oxygen atoms in total. The first kappa shape index (κ1) is 14.3. The Bertz CT molecular complexity index is 514. The molecule has 0 spiro atoms. The predicted molar refractivity (Wildman–Crippen MR) is 76.4 cm³/mol. The van der Waals surface area contributed by atoms with Crippen LogP contribution in [0.4, 0.5) is 11.4 Å². The number of aromatic hydroxyl groups is 2. The first-order chi connectivity index (χ1) is 8.06. The molecule has 2 rings (SSSR count). The summed E-state index contributed by atoms with van der Waals surface area (Å²) in [5.74, 6) is 0.178. The Hall–Kier alpha value is -1.72. The fourth-order valence-electron chi connectivity index (χ4n) is 1.36. The number of phenolic OH excluding ortho intramolecular Hbond substituents is 2. The second-order valence-corrected chi connectivity index (χ2v) is 4.64. The third kappa shape index (κ3) is 3.15. The molecule has 0 bridgehead atoms. The van der Waals surface area contributed by atoms with E-state index in [9.17, 15) is 10.2 Å². The Morgan fingerprint density at radius 3 is 1.50 bits per heavy atom. The maximum absolute atomic E-state index is 9.69. The van der Waals surface area contributed by atoms with E-state index in [2.05, 4.69) is 0 Å². The van der Waals surface area contributed by atoms with Crippen molar-refractivity contribution in [3.63, 3.8) is 0 Å². The SMILES string of the molecule is Cl.Nc1ccc(Sc2ccc(N)cc2O)c(O)c1. The molecule has 0 aliphatic heterocycles. The molecule has 0 fully saturated rings. The van der Waals surface area contributed by atoms with Crippen LogP contribution < -0.4 is 11.5 Å². The van der Waals surface area contributed by atoms with Crippen molar-refractivity contribution in [1.82, 2.24) is 0 Å². The highest BCUT2D eigenvalue weighted by molar-refractivity contribution is 7.99. The summed E-state index contributed by atoms with van der Waals surface area (Å²) in [7, 11) is 0. The van der Waals surface area contributed by atoms with Gasteiger partial charge in [-0.15, -0.1) is 12.4 Å². The number of phenols is 2. The van der Waals surface area contributed by atoms with Crippen LogP contribution in [-0.4, -0.2) is 10.2 Å². The third-order valence-electron chi connectivity index (χ3n) is 2.19. The van der Waals surface area contributed by atoms with Crippen molar-refractivity contribution in [1.29, 1.82) is 0 Å². The topological polar surface area (TPSA) is 92.5 Å². The van der Waals surface area contributed by atoms with Crippen molar-refractivity contribution in [3.05, 3.63) is 36.4 Å². The third-order valence-corrected chi connectivity index (χ3v) is 3.32. The van der Waals surface area contributed by atoms with Crippen LogP contribution in [0.3, 0.4) is 0 Å². The number of nitrogens with two attached hydrogens (primary N) is 2. The fraction of sp³-hybridized carbons (Fsp3) is 0. The highest BCUT2D eigenvalue weighted by Crippen LogP contribution is 2.39. The minimum Gasteiger partial charge on any atom is -0.507 e. The van der Waals surface area contributed by atoms with Gasteiger partial charge in [0.1, 0.15) is 11.5 Å². The predicted octanol–water partition coefficient (Wildman–Crippen LogP) is 2.84. The summed E-state index contributed by atoms with van der Waals surface area (Å²) in [5, 5.41) is 19.4. The van der Waals surface area contributed by atoms with Crippen molar-refractivity contribution in [2.24, 2.45) is 0 Å². The summed E-state index contributed by atoms with van der Waals surface area (Å²) >= 11 is 1.25. The average Bonchev–Trinajstić information content (AvgIpc) is 2.25. The molecule has 0 atom stereocenters. The molecule has 96 valence electrons. The van der Waals surface area contributed by atoms with Crippen LogP contribution in [0.15, 0.2) is 46.2 Å². The van der Waals surface area contributed by atoms with Crippen LogP contribution in [-0.2, 0) is 0 Å². The van der Waals surface area contributed by atoms with Gasteiger partial charge in [-0.25, -0.2) is 0 Å². The van der Waals surface area contributed by atoms with Gasteiger partial charge in [0, 0.05) is 23.5 Å². The van der Waals surface area contributed by atoms with E-state index in [0.717, 1.165) is 0 Å². The van der Waals surface area contributed by atoms with E-state index < -0.39 is 0 Å². The highest BCUT2D eigenvalue weighted by Gasteiger charge is 2.07. The van der Waals surface area contributed by atoms with Gasteiger partial charge in [-0.2, -0.15) is 0 Å². The minimum absolute atomic E-state index is 0. The lowest BCUT2D eigenvalue weighted by molar-refractivity contribution is 0.460. The highest BCUT2D eigenvalue weighted by atomic mass is 35.5. The maximum Gasteiger partial charge on any atom is 0.131 e. The van der Waals surface area contributed by atoms with E-state index >= 15 is 0 Å². The molecular weight excluding hydrogens is 272 g/mol. The lowest BCUT2D eigenvalue weighted by atomic mass is 10.3. The van der Waals surface area contributed by atoms with E-state index in [0.29, 0.717) is 21.2 Å². The van der Waals surface area contributed by atoms with Gasteiger partial charge in [-0.1, -0.05) is 11.8 Å². The smallest absolute Gasteiger partial charge is 0.131 e. The molecule has 18 heavy (non-hydrogen) atoms. The molecule has 0 radical (unpaired) electrons. The summed E-state index contributed by atoms with van der Waals surface area (Å²) in [6, 6.07) is 9.72. The number of nitrogen functional groups attached to an aromatic ring is 2. The maximum atomic E-state index is 9.69. The molecule has 0 aliphatic rings. The number of rotatable bonds is 2. The van der Waals surface area contributed by atoms with Gasteiger partial charge in [0.15, 0.2) is 0 Å². The largest absolute Gasteiger partial charge is 0.507 e. The van der Waals surface area contributed by atoms with Crippen LogP contribution in [0.1, 0.15) is 0 Å². The summed E-state index contributed by atoms with van der Waals surface area (Å²) in [6.07, 6.45) is 0. The first-order valence-electron chi connectivity index (χ1n) is 4.91. The second-order valence-electron chi connectivity index (χ2n) is 3.56. The second kappa shape index (κ2) is 5.75. The van der Waals surface area contributed by atoms with E-state index in [-0.39, 0.29) is 23.9 Å². The van der Waals surface area contributed by atoms with Crippen molar-refractivity contribution < 1.29 is 10.2 Å². The number of halogens is 1. The molecular formula is C12H13ClN2O2S. The summed E-state index contributed by atoms with van der Waals surface area (Å²) in [6.45, 7) is 0. The van der Waals surface area contributed by atoms with Gasteiger partial charge in [-0.05, 0) is 24.3 Å². The standard InChI is InChI=1S/C12H12N2O2S.ClH/c13-7-1-3-11(9(15)5-7)17-12-4-2-8(14)6-10(12)16;/h1-6,15-16H,13-14H2;1H. The van der Waals surface area contributed by atoms with E-state index in [1.165, 1.54) is 23.9 Å². The number of hydrogen-bond donors (Lipinski definition) is 4. The van der Waals surface area contributed by atoms with Crippen LogP contribution in [0.25, 0.3) is 0 Å². The van der Waals surface area contributed by atoms with E-state index in [1.807, 2.05) is 0 Å². The Kier molecular flexibility index (Phi) is 4.58. The fourth-order valence-corrected chi connectivity index (χ4v) is 2.20. The van der Waals surface area contributed by atoms with Crippen molar-refractivity contribution in [2.45, 2.75) is 9.79 Å². The number of hydrogen-bond acceptors (Lipinski definition) is 5. The normalized spacial score (nSPS) is 9.78. The summed E-state index contributed by atoms with van der Waals surface area (Å²) < 4.78 is 0. The molecule has 0 amide bonds. The van der Waals surface area contributed by atoms with Crippen molar-refractivity contribution in [2.75, 3.05) is 11.5 Å². The monoisotopic (exact) mass is 284 g/mol. The van der Waals surface area contributed by atoms with E-state index in [1.54, 1.807) is 24.3 Å². The van der Waals surface area contributed by atoms with Crippen LogP contribution >= 0.6 is 24.2 Å². The van der Waals surface area contributed by atoms with E-state index in [4.69, 9.17) is 11.5 Å². The van der Waals surface area contributed by atoms with Gasteiger partial charge < -0.3 is 21.7 Å². The Labute approximate surface area is 115 Å². The molecule has 2 aromatic rings. The summed E-state index contributed by atoms with van der Waals surface area (Å²) in [4.78, 5) is 1.25. The zero-order valence-corrected chi connectivity index (χ0v) is 11.0.